The van der Waals surface area contributed by atoms with Crippen LogP contribution in [0, 0.1) is 10.8 Å². The van der Waals surface area contributed by atoms with E-state index in [9.17, 15) is 9.18 Å². The summed E-state index contributed by atoms with van der Waals surface area (Å²) in [6, 6.07) is 14.3. The smallest absolute Gasteiger partial charge is 0.232 e. The number of anilines is 1. The number of carbonyl (C=O) groups is 1. The molecule has 8 heteroatoms. The van der Waals surface area contributed by atoms with Crippen LogP contribution in [0.4, 0.5) is 10.1 Å². The van der Waals surface area contributed by atoms with E-state index in [1.165, 1.54) is 12.8 Å². The van der Waals surface area contributed by atoms with Gasteiger partial charge in [0.2, 0.25) is 18.6 Å². The van der Waals surface area contributed by atoms with Gasteiger partial charge in [-0.25, -0.2) is 4.39 Å². The molecule has 7 saturated carbocycles. The average Bonchev–Trinajstić information content (AvgIpc) is 3.51. The second kappa shape index (κ2) is 8.57. The highest BCUT2D eigenvalue weighted by molar-refractivity contribution is 5.95. The van der Waals surface area contributed by atoms with Gasteiger partial charge in [-0.2, -0.15) is 4.98 Å². The fraction of sp³-hybridized carbons (Fsp3) is 0.559. The predicted molar refractivity (Wildman–Crippen MR) is 153 cm³/mol. The van der Waals surface area contributed by atoms with Crippen LogP contribution in [0.15, 0.2) is 47.0 Å². The maximum atomic E-state index is 14.4. The first-order chi connectivity index (χ1) is 20.3. The minimum Gasteiger partial charge on any atom is -0.454 e. The Labute approximate surface area is 244 Å². The summed E-state index contributed by atoms with van der Waals surface area (Å²) in [5.74, 6) is 3.85. The van der Waals surface area contributed by atoms with Crippen molar-refractivity contribution in [2.45, 2.75) is 94.1 Å². The van der Waals surface area contributed by atoms with Gasteiger partial charge in [-0.3, -0.25) is 4.79 Å². The van der Waals surface area contributed by atoms with E-state index in [2.05, 4.69) is 23.4 Å². The van der Waals surface area contributed by atoms with E-state index in [-0.39, 0.29) is 28.9 Å². The molecular weight excluding hydrogens is 533 g/mol. The van der Waals surface area contributed by atoms with Gasteiger partial charge in [0.15, 0.2) is 17.3 Å². The van der Waals surface area contributed by atoms with E-state index in [0.29, 0.717) is 38.1 Å². The normalized spacial score (nSPS) is 33.6. The third kappa shape index (κ3) is 3.93. The molecule has 1 aliphatic heterocycles. The van der Waals surface area contributed by atoms with Crippen molar-refractivity contribution in [2.24, 2.45) is 10.8 Å². The lowest BCUT2D eigenvalue weighted by Crippen LogP contribution is -2.65. The number of hydrogen-bond acceptors (Lipinski definition) is 6. The number of benzene rings is 2. The lowest BCUT2D eigenvalue weighted by molar-refractivity contribution is -0.215. The van der Waals surface area contributed by atoms with E-state index in [1.54, 1.807) is 0 Å². The minimum absolute atomic E-state index is 0.0166. The molecule has 7 aliphatic carbocycles. The molecule has 7 fully saturated rings. The second-order valence-corrected chi connectivity index (χ2v) is 14.5. The van der Waals surface area contributed by atoms with E-state index in [0.717, 1.165) is 78.6 Å². The van der Waals surface area contributed by atoms with Crippen molar-refractivity contribution >= 4 is 11.6 Å². The molecule has 0 N–H and O–H groups in total. The Hall–Kier alpha value is -3.42. The van der Waals surface area contributed by atoms with Gasteiger partial charge in [0.25, 0.3) is 0 Å². The molecule has 2 aromatic carbocycles. The largest absolute Gasteiger partial charge is 0.454 e. The molecule has 11 rings (SSSR count). The molecule has 0 saturated heterocycles. The zero-order chi connectivity index (χ0) is 28.2. The van der Waals surface area contributed by atoms with Gasteiger partial charge in [-0.05, 0) is 117 Å². The standard InChI is InChI=1S/C34H36FN3O4/c35-34-17-32(18-34,19-34)16-28(39)38(25-3-1-2-23(14-25)24-6-7-26-27(15-24)41-21-40-26)20-31-8-11-33(12-9-31,13-10-31)30-36-29(37-42-30)22-4-5-22/h1-3,6-7,14-15,22H,4-5,8-13,16-21H2. The van der Waals surface area contributed by atoms with Crippen molar-refractivity contribution in [3.05, 3.63) is 54.2 Å². The first-order valence-corrected chi connectivity index (χ1v) is 15.7. The fourth-order valence-corrected chi connectivity index (χ4v) is 8.83. The number of amides is 1. The Balaban J connectivity index is 0.990. The maximum absolute atomic E-state index is 14.4. The molecule has 7 nitrogen and oxygen atoms in total. The SMILES string of the molecule is O=C(CC12CC(F)(C1)C2)N(CC12CCC(c3nc(C4CC4)no3)(CC1)CC2)c1cccc(-c2ccc3c(c2)OCO3)c1. The summed E-state index contributed by atoms with van der Waals surface area (Å²) in [5, 5.41) is 4.32. The van der Waals surface area contributed by atoms with Crippen LogP contribution in [0.25, 0.3) is 11.1 Å². The molecule has 1 amide bonds. The second-order valence-electron chi connectivity index (χ2n) is 14.5. The number of ether oxygens (including phenoxy) is 2. The van der Waals surface area contributed by atoms with Gasteiger partial charge < -0.3 is 18.9 Å². The summed E-state index contributed by atoms with van der Waals surface area (Å²) in [4.78, 5) is 21.0. The van der Waals surface area contributed by atoms with Crippen LogP contribution in [0.5, 0.6) is 11.5 Å². The van der Waals surface area contributed by atoms with E-state index in [1.807, 2.05) is 29.2 Å². The first-order valence-electron chi connectivity index (χ1n) is 15.7. The molecule has 218 valence electrons. The summed E-state index contributed by atoms with van der Waals surface area (Å²) in [5.41, 5.74) is 1.87. The monoisotopic (exact) mass is 569 g/mol. The number of hydrogen-bond donors (Lipinski definition) is 0. The summed E-state index contributed by atoms with van der Waals surface area (Å²) in [6.07, 6.45) is 10.6. The molecule has 0 spiro atoms. The van der Waals surface area contributed by atoms with Crippen molar-refractivity contribution in [3.63, 3.8) is 0 Å². The minimum atomic E-state index is -1.01. The molecule has 42 heavy (non-hydrogen) atoms. The van der Waals surface area contributed by atoms with Crippen molar-refractivity contribution in [2.75, 3.05) is 18.2 Å². The number of nitrogens with zero attached hydrogens (tertiary/aromatic N) is 3. The van der Waals surface area contributed by atoms with Crippen LogP contribution in [0.3, 0.4) is 0 Å². The molecular formula is C34H36FN3O4. The van der Waals surface area contributed by atoms with Crippen molar-refractivity contribution in [3.8, 4) is 22.6 Å². The number of fused-ring (bicyclic) bond motifs is 4. The van der Waals surface area contributed by atoms with Gasteiger partial charge in [-0.15, -0.1) is 0 Å². The molecule has 0 radical (unpaired) electrons. The number of aromatic nitrogens is 2. The number of halogens is 1. The molecule has 2 heterocycles. The van der Waals surface area contributed by atoms with Crippen LogP contribution in [-0.4, -0.2) is 35.1 Å². The van der Waals surface area contributed by atoms with Gasteiger partial charge >= 0.3 is 0 Å². The fourth-order valence-electron chi connectivity index (χ4n) is 8.83. The van der Waals surface area contributed by atoms with Crippen molar-refractivity contribution in [1.82, 2.24) is 10.1 Å². The topological polar surface area (TPSA) is 77.7 Å². The van der Waals surface area contributed by atoms with Crippen LogP contribution < -0.4 is 14.4 Å². The molecule has 4 bridgehead atoms. The third-order valence-electron chi connectivity index (χ3n) is 11.5. The van der Waals surface area contributed by atoms with E-state index in [4.69, 9.17) is 19.0 Å². The van der Waals surface area contributed by atoms with Crippen molar-refractivity contribution in [1.29, 1.82) is 0 Å². The Bertz CT molecular complexity index is 1550. The van der Waals surface area contributed by atoms with Crippen LogP contribution in [0.2, 0.25) is 0 Å². The Morgan fingerprint density at radius 2 is 1.64 bits per heavy atom. The van der Waals surface area contributed by atoms with Crippen LogP contribution in [-0.2, 0) is 10.2 Å². The molecule has 1 aromatic heterocycles. The Kier molecular flexibility index (Phi) is 5.13. The maximum Gasteiger partial charge on any atom is 0.232 e. The molecule has 8 aliphatic rings. The van der Waals surface area contributed by atoms with Crippen molar-refractivity contribution < 1.29 is 23.2 Å². The molecule has 0 atom stereocenters. The van der Waals surface area contributed by atoms with Crippen LogP contribution in [0.1, 0.15) is 94.7 Å². The summed E-state index contributed by atoms with van der Waals surface area (Å²) in [6.45, 7) is 0.932. The average molecular weight is 570 g/mol. The van der Waals surface area contributed by atoms with Gasteiger partial charge in [0.1, 0.15) is 5.67 Å². The molecule has 0 unspecified atom stereocenters. The summed E-state index contributed by atoms with van der Waals surface area (Å²) < 4.78 is 31.3. The van der Waals surface area contributed by atoms with E-state index >= 15 is 0 Å². The van der Waals surface area contributed by atoms with E-state index < -0.39 is 5.67 Å². The lowest BCUT2D eigenvalue weighted by Gasteiger charge is -2.66. The Morgan fingerprint density at radius 3 is 2.38 bits per heavy atom. The van der Waals surface area contributed by atoms with Gasteiger partial charge in [0.05, 0.1) is 0 Å². The highest BCUT2D eigenvalue weighted by Crippen LogP contribution is 2.71. The third-order valence-corrected chi connectivity index (χ3v) is 11.5. The predicted octanol–water partition coefficient (Wildman–Crippen LogP) is 7.25. The number of alkyl halides is 1. The zero-order valence-electron chi connectivity index (χ0n) is 23.9. The first kappa shape index (κ1) is 25.1. The zero-order valence-corrected chi connectivity index (χ0v) is 23.9. The number of carbonyl (C=O) groups excluding carboxylic acids is 1. The lowest BCUT2D eigenvalue weighted by atomic mass is 9.41. The quantitative estimate of drug-likeness (QED) is 0.284. The molecule has 3 aromatic rings. The number of rotatable bonds is 8. The highest BCUT2D eigenvalue weighted by Gasteiger charge is 2.69. The summed E-state index contributed by atoms with van der Waals surface area (Å²) in [7, 11) is 0. The van der Waals surface area contributed by atoms with Crippen LogP contribution >= 0.6 is 0 Å². The highest BCUT2D eigenvalue weighted by atomic mass is 19.1. The van der Waals surface area contributed by atoms with Gasteiger partial charge in [0, 0.05) is 30.0 Å². The Morgan fingerprint density at radius 1 is 0.905 bits per heavy atom. The summed E-state index contributed by atoms with van der Waals surface area (Å²) >= 11 is 0. The van der Waals surface area contributed by atoms with Gasteiger partial charge in [-0.1, -0.05) is 23.4 Å².